The minimum absolute atomic E-state index is 0.0772. The van der Waals surface area contributed by atoms with E-state index in [4.69, 9.17) is 9.47 Å². The summed E-state index contributed by atoms with van der Waals surface area (Å²) in [7, 11) is 0. The van der Waals surface area contributed by atoms with Crippen LogP contribution in [0.2, 0.25) is 0 Å². The van der Waals surface area contributed by atoms with Crippen molar-refractivity contribution in [1.29, 1.82) is 0 Å². The fourth-order valence-corrected chi connectivity index (χ4v) is 2.62. The average Bonchev–Trinajstić information content (AvgIpc) is 2.84. The van der Waals surface area contributed by atoms with Crippen molar-refractivity contribution in [2.75, 3.05) is 19.8 Å². The second kappa shape index (κ2) is 7.21. The molecule has 2 rings (SSSR count). The van der Waals surface area contributed by atoms with Crippen molar-refractivity contribution >= 4 is 12.1 Å². The number of ether oxygens (including phenoxy) is 2. The van der Waals surface area contributed by atoms with Crippen molar-refractivity contribution in [2.45, 2.75) is 52.8 Å². The topological polar surface area (TPSA) is 93.9 Å². The molecule has 1 aliphatic heterocycles. The van der Waals surface area contributed by atoms with Gasteiger partial charge in [0.05, 0.1) is 26.3 Å². The Morgan fingerprint density at radius 1 is 1.33 bits per heavy atom. The molecule has 0 atom stereocenters. The number of rotatable bonds is 4. The summed E-state index contributed by atoms with van der Waals surface area (Å²) in [5.41, 5.74) is 1.14. The Morgan fingerprint density at radius 2 is 2.04 bits per heavy atom. The second-order valence-electron chi connectivity index (χ2n) is 6.59. The molecule has 1 aromatic heterocycles. The van der Waals surface area contributed by atoms with E-state index in [1.54, 1.807) is 16.5 Å². The Kier molecular flexibility index (Phi) is 5.48. The molecule has 0 saturated carbocycles. The molecule has 8 heteroatoms. The zero-order valence-electron chi connectivity index (χ0n) is 14.7. The standard InChI is InChI=1S/C16H25N3O5/c1-5-23-14(21)13-11-10-18(15(22)24-16(2,3)4)7-6-12(11)19(17-13)8-9-20/h20H,5-10H2,1-4H3. The molecule has 0 fully saturated rings. The molecule has 0 aromatic carbocycles. The summed E-state index contributed by atoms with van der Waals surface area (Å²) in [6.45, 7) is 8.33. The number of esters is 1. The maximum Gasteiger partial charge on any atom is 0.410 e. The molecule has 24 heavy (non-hydrogen) atoms. The van der Waals surface area contributed by atoms with Crippen LogP contribution < -0.4 is 0 Å². The van der Waals surface area contributed by atoms with E-state index in [1.807, 2.05) is 20.8 Å². The van der Waals surface area contributed by atoms with Gasteiger partial charge in [-0.1, -0.05) is 0 Å². The molecular formula is C16H25N3O5. The molecule has 2 heterocycles. The van der Waals surface area contributed by atoms with Crippen molar-refractivity contribution < 1.29 is 24.2 Å². The summed E-state index contributed by atoms with van der Waals surface area (Å²) < 4.78 is 12.1. The first-order chi connectivity index (χ1) is 11.3. The number of hydrogen-bond donors (Lipinski definition) is 1. The molecule has 0 unspecified atom stereocenters. The minimum Gasteiger partial charge on any atom is -0.461 e. The third kappa shape index (κ3) is 4.05. The van der Waals surface area contributed by atoms with E-state index in [9.17, 15) is 14.7 Å². The highest BCUT2D eigenvalue weighted by Gasteiger charge is 2.32. The van der Waals surface area contributed by atoms with Crippen LogP contribution >= 0.6 is 0 Å². The van der Waals surface area contributed by atoms with Gasteiger partial charge in [0.25, 0.3) is 0 Å². The number of hydrogen-bond acceptors (Lipinski definition) is 6. The van der Waals surface area contributed by atoms with Gasteiger partial charge in [0, 0.05) is 24.2 Å². The number of carbonyl (C=O) groups excluding carboxylic acids is 2. The lowest BCUT2D eigenvalue weighted by molar-refractivity contribution is 0.0219. The number of aromatic nitrogens is 2. The Balaban J connectivity index is 2.27. The van der Waals surface area contributed by atoms with Crippen LogP contribution in [0.1, 0.15) is 49.4 Å². The molecule has 1 aliphatic rings. The Bertz CT molecular complexity index is 618. The highest BCUT2D eigenvalue weighted by Crippen LogP contribution is 2.25. The fourth-order valence-electron chi connectivity index (χ4n) is 2.62. The van der Waals surface area contributed by atoms with E-state index in [2.05, 4.69) is 5.10 Å². The van der Waals surface area contributed by atoms with Gasteiger partial charge >= 0.3 is 12.1 Å². The van der Waals surface area contributed by atoms with Crippen molar-refractivity contribution in [2.24, 2.45) is 0 Å². The van der Waals surface area contributed by atoms with Gasteiger partial charge in [0.15, 0.2) is 5.69 Å². The maximum atomic E-state index is 12.3. The number of amides is 1. The maximum absolute atomic E-state index is 12.3. The minimum atomic E-state index is -0.581. The van der Waals surface area contributed by atoms with E-state index >= 15 is 0 Å². The Labute approximate surface area is 141 Å². The summed E-state index contributed by atoms with van der Waals surface area (Å²) in [5.74, 6) is -0.517. The van der Waals surface area contributed by atoms with Crippen LogP contribution in [0, 0.1) is 0 Å². The molecule has 1 aromatic rings. The van der Waals surface area contributed by atoms with Crippen molar-refractivity contribution in [3.8, 4) is 0 Å². The van der Waals surface area contributed by atoms with Crippen LogP contribution in [0.3, 0.4) is 0 Å². The largest absolute Gasteiger partial charge is 0.461 e. The molecule has 0 spiro atoms. The van der Waals surface area contributed by atoms with Gasteiger partial charge in [-0.3, -0.25) is 4.68 Å². The van der Waals surface area contributed by atoms with Gasteiger partial charge in [-0.15, -0.1) is 0 Å². The van der Waals surface area contributed by atoms with E-state index in [0.717, 1.165) is 5.69 Å². The normalized spacial score (nSPS) is 14.3. The fraction of sp³-hybridized carbons (Fsp3) is 0.688. The number of nitrogens with zero attached hydrogens (tertiary/aromatic N) is 3. The molecule has 0 bridgehead atoms. The molecule has 1 amide bonds. The third-order valence-corrected chi connectivity index (χ3v) is 3.57. The van der Waals surface area contributed by atoms with E-state index < -0.39 is 17.7 Å². The van der Waals surface area contributed by atoms with Crippen LogP contribution in [0.5, 0.6) is 0 Å². The number of aliphatic hydroxyl groups is 1. The number of carbonyl (C=O) groups is 2. The molecule has 0 saturated heterocycles. The summed E-state index contributed by atoms with van der Waals surface area (Å²) >= 11 is 0. The van der Waals surface area contributed by atoms with E-state index in [1.165, 1.54) is 0 Å². The Morgan fingerprint density at radius 3 is 2.62 bits per heavy atom. The summed E-state index contributed by atoms with van der Waals surface area (Å²) in [5, 5.41) is 13.5. The molecular weight excluding hydrogens is 314 g/mol. The predicted octanol–water partition coefficient (Wildman–Crippen LogP) is 1.35. The first-order valence-electron chi connectivity index (χ1n) is 8.11. The van der Waals surface area contributed by atoms with Crippen molar-refractivity contribution in [1.82, 2.24) is 14.7 Å². The second-order valence-corrected chi connectivity index (χ2v) is 6.59. The van der Waals surface area contributed by atoms with Crippen LogP contribution in [0.4, 0.5) is 4.79 Å². The zero-order chi connectivity index (χ0) is 17.9. The van der Waals surface area contributed by atoms with Gasteiger partial charge in [-0.25, -0.2) is 9.59 Å². The number of fused-ring (bicyclic) bond motifs is 1. The van der Waals surface area contributed by atoms with E-state index in [0.29, 0.717) is 25.1 Å². The highest BCUT2D eigenvalue weighted by atomic mass is 16.6. The lowest BCUT2D eigenvalue weighted by Gasteiger charge is -2.30. The van der Waals surface area contributed by atoms with Crippen molar-refractivity contribution in [3.63, 3.8) is 0 Å². The summed E-state index contributed by atoms with van der Waals surface area (Å²) in [4.78, 5) is 26.0. The lowest BCUT2D eigenvalue weighted by atomic mass is 10.1. The molecule has 1 N–H and O–H groups in total. The first-order valence-corrected chi connectivity index (χ1v) is 8.11. The van der Waals surface area contributed by atoms with Crippen LogP contribution in [-0.2, 0) is 29.0 Å². The van der Waals surface area contributed by atoms with Crippen LogP contribution in [-0.4, -0.2) is 57.2 Å². The molecule has 8 nitrogen and oxygen atoms in total. The van der Waals surface area contributed by atoms with Gasteiger partial charge in [-0.05, 0) is 27.7 Å². The lowest BCUT2D eigenvalue weighted by Crippen LogP contribution is -2.40. The van der Waals surface area contributed by atoms with Crippen LogP contribution in [0.25, 0.3) is 0 Å². The average molecular weight is 339 g/mol. The summed E-state index contributed by atoms with van der Waals surface area (Å²) in [6, 6.07) is 0. The van der Waals surface area contributed by atoms with Gasteiger partial charge in [0.1, 0.15) is 5.60 Å². The highest BCUT2D eigenvalue weighted by molar-refractivity contribution is 5.89. The SMILES string of the molecule is CCOC(=O)c1nn(CCO)c2c1CN(C(=O)OC(C)(C)C)CC2. The van der Waals surface area contributed by atoms with Gasteiger partial charge in [0.2, 0.25) is 0 Å². The summed E-state index contributed by atoms with van der Waals surface area (Å²) in [6.07, 6.45) is 0.124. The third-order valence-electron chi connectivity index (χ3n) is 3.57. The first kappa shape index (κ1) is 18.3. The number of aliphatic hydroxyl groups excluding tert-OH is 1. The molecule has 0 radical (unpaired) electrons. The monoisotopic (exact) mass is 339 g/mol. The molecule has 0 aliphatic carbocycles. The van der Waals surface area contributed by atoms with E-state index in [-0.39, 0.29) is 25.5 Å². The predicted molar refractivity (Wildman–Crippen MR) is 85.6 cm³/mol. The van der Waals surface area contributed by atoms with Gasteiger partial charge in [-0.2, -0.15) is 5.10 Å². The van der Waals surface area contributed by atoms with Crippen molar-refractivity contribution in [3.05, 3.63) is 17.0 Å². The zero-order valence-corrected chi connectivity index (χ0v) is 14.7. The smallest absolute Gasteiger partial charge is 0.410 e. The quantitative estimate of drug-likeness (QED) is 0.832. The van der Waals surface area contributed by atoms with Crippen LogP contribution in [0.15, 0.2) is 0 Å². The van der Waals surface area contributed by atoms with Gasteiger partial charge < -0.3 is 19.5 Å². The molecule has 134 valence electrons. The Hall–Kier alpha value is -2.09.